The molecule has 134 valence electrons. The monoisotopic (exact) mass is 391 g/mol. The lowest BCUT2D eigenvalue weighted by molar-refractivity contribution is 0.0957. The summed E-state index contributed by atoms with van der Waals surface area (Å²) in [5.74, 6) is -0.308. The van der Waals surface area contributed by atoms with Gasteiger partial charge in [-0.25, -0.2) is 8.42 Å². The number of hydrogen-bond acceptors (Lipinski definition) is 5. The van der Waals surface area contributed by atoms with Crippen molar-refractivity contribution in [2.45, 2.75) is 24.2 Å². The van der Waals surface area contributed by atoms with Crippen molar-refractivity contribution >= 4 is 39.7 Å². The molecule has 3 rings (SSSR count). The standard InChI is InChI=1S/C15H21N3O3S2.ClH/c19-15(17-11-12-3-6-16-7-4-12)14-13(5-10-22-14)23(20,21)18-8-1-2-9-18;/h3,5,10,16H,1-2,4,6-9,11H2,(H,17,19);1H. The molecular weight excluding hydrogens is 370 g/mol. The van der Waals surface area contributed by atoms with Gasteiger partial charge in [-0.1, -0.05) is 11.6 Å². The van der Waals surface area contributed by atoms with Crippen molar-refractivity contribution < 1.29 is 13.2 Å². The first-order valence-electron chi connectivity index (χ1n) is 7.83. The van der Waals surface area contributed by atoms with E-state index in [1.807, 2.05) is 0 Å². The zero-order valence-electron chi connectivity index (χ0n) is 13.3. The van der Waals surface area contributed by atoms with Crippen LogP contribution >= 0.6 is 23.7 Å². The molecule has 0 saturated carbocycles. The zero-order chi connectivity index (χ0) is 16.3. The Morgan fingerprint density at radius 1 is 1.33 bits per heavy atom. The fraction of sp³-hybridized carbons (Fsp3) is 0.533. The number of rotatable bonds is 5. The number of nitrogens with zero attached hydrogens (tertiary/aromatic N) is 1. The van der Waals surface area contributed by atoms with Crippen molar-refractivity contribution in [1.29, 1.82) is 0 Å². The summed E-state index contributed by atoms with van der Waals surface area (Å²) in [5, 5.41) is 7.74. The summed E-state index contributed by atoms with van der Waals surface area (Å²) in [5.41, 5.74) is 1.18. The van der Waals surface area contributed by atoms with Crippen LogP contribution in [0.5, 0.6) is 0 Å². The van der Waals surface area contributed by atoms with Crippen LogP contribution < -0.4 is 10.6 Å². The maximum absolute atomic E-state index is 12.7. The van der Waals surface area contributed by atoms with E-state index in [9.17, 15) is 13.2 Å². The van der Waals surface area contributed by atoms with Crippen molar-refractivity contribution in [3.05, 3.63) is 28.0 Å². The van der Waals surface area contributed by atoms with E-state index < -0.39 is 10.0 Å². The molecule has 0 bridgehead atoms. The van der Waals surface area contributed by atoms with E-state index >= 15 is 0 Å². The quantitative estimate of drug-likeness (QED) is 0.747. The minimum Gasteiger partial charge on any atom is -0.348 e. The lowest BCUT2D eigenvalue weighted by Crippen LogP contribution is -2.32. The van der Waals surface area contributed by atoms with E-state index in [1.54, 1.807) is 5.38 Å². The number of carbonyl (C=O) groups is 1. The Morgan fingerprint density at radius 2 is 2.08 bits per heavy atom. The van der Waals surface area contributed by atoms with Crippen LogP contribution in [0.3, 0.4) is 0 Å². The Kier molecular flexibility index (Phi) is 6.82. The molecule has 0 unspecified atom stereocenters. The van der Waals surface area contributed by atoms with Crippen LogP contribution in [0.2, 0.25) is 0 Å². The Labute approximate surface area is 152 Å². The largest absolute Gasteiger partial charge is 0.348 e. The summed E-state index contributed by atoms with van der Waals surface area (Å²) >= 11 is 1.18. The molecule has 1 saturated heterocycles. The molecule has 0 spiro atoms. The average Bonchev–Trinajstić information content (AvgIpc) is 3.25. The molecule has 1 aromatic rings. The first-order chi connectivity index (χ1) is 11.1. The molecule has 0 aliphatic carbocycles. The van der Waals surface area contributed by atoms with Crippen LogP contribution in [0.1, 0.15) is 28.9 Å². The number of hydrogen-bond donors (Lipinski definition) is 2. The fourth-order valence-corrected chi connectivity index (χ4v) is 5.67. The summed E-state index contributed by atoms with van der Waals surface area (Å²) in [6.45, 7) is 3.29. The van der Waals surface area contributed by atoms with E-state index in [1.165, 1.54) is 27.3 Å². The number of nitrogens with one attached hydrogen (secondary N) is 2. The average molecular weight is 392 g/mol. The molecule has 6 nitrogen and oxygen atoms in total. The second-order valence-corrected chi connectivity index (χ2v) is 8.55. The van der Waals surface area contributed by atoms with Gasteiger partial charge in [-0.3, -0.25) is 4.79 Å². The van der Waals surface area contributed by atoms with Gasteiger partial charge in [0.25, 0.3) is 5.91 Å². The van der Waals surface area contributed by atoms with Gasteiger partial charge in [-0.05, 0) is 37.3 Å². The summed E-state index contributed by atoms with van der Waals surface area (Å²) in [7, 11) is -3.56. The highest BCUT2D eigenvalue weighted by molar-refractivity contribution is 7.89. The molecule has 3 heterocycles. The van der Waals surface area contributed by atoms with Gasteiger partial charge < -0.3 is 10.6 Å². The molecule has 24 heavy (non-hydrogen) atoms. The molecule has 1 aromatic heterocycles. The van der Waals surface area contributed by atoms with E-state index in [0.29, 0.717) is 19.6 Å². The van der Waals surface area contributed by atoms with Crippen molar-refractivity contribution in [3.63, 3.8) is 0 Å². The molecule has 0 aromatic carbocycles. The number of amides is 1. The van der Waals surface area contributed by atoms with E-state index in [2.05, 4.69) is 16.7 Å². The van der Waals surface area contributed by atoms with Crippen molar-refractivity contribution in [1.82, 2.24) is 14.9 Å². The molecule has 1 amide bonds. The van der Waals surface area contributed by atoms with E-state index in [4.69, 9.17) is 0 Å². The third-order valence-electron chi connectivity index (χ3n) is 4.15. The second-order valence-electron chi connectivity index (χ2n) is 5.72. The lowest BCUT2D eigenvalue weighted by Gasteiger charge is -2.16. The number of carbonyl (C=O) groups excluding carboxylic acids is 1. The van der Waals surface area contributed by atoms with Crippen LogP contribution in [0.25, 0.3) is 0 Å². The minimum atomic E-state index is -3.56. The molecule has 9 heteroatoms. The smallest absolute Gasteiger partial charge is 0.263 e. The minimum absolute atomic E-state index is 0. The summed E-state index contributed by atoms with van der Waals surface area (Å²) < 4.78 is 26.8. The Hall–Kier alpha value is -0.930. The molecule has 2 aliphatic rings. The maximum Gasteiger partial charge on any atom is 0.263 e. The summed E-state index contributed by atoms with van der Waals surface area (Å²) in [6, 6.07) is 1.54. The first kappa shape index (κ1) is 19.4. The lowest BCUT2D eigenvalue weighted by atomic mass is 10.1. The summed E-state index contributed by atoms with van der Waals surface area (Å²) in [4.78, 5) is 12.8. The van der Waals surface area contributed by atoms with Gasteiger partial charge in [0, 0.05) is 26.2 Å². The van der Waals surface area contributed by atoms with E-state index in [-0.39, 0.29) is 28.1 Å². The van der Waals surface area contributed by atoms with Crippen LogP contribution in [0.15, 0.2) is 28.0 Å². The molecular formula is C15H22ClN3O3S2. The van der Waals surface area contributed by atoms with Gasteiger partial charge in [0.15, 0.2) is 0 Å². The van der Waals surface area contributed by atoms with Gasteiger partial charge in [0.05, 0.1) is 0 Å². The van der Waals surface area contributed by atoms with Crippen LogP contribution in [0.4, 0.5) is 0 Å². The van der Waals surface area contributed by atoms with Crippen LogP contribution in [0, 0.1) is 0 Å². The van der Waals surface area contributed by atoms with Crippen LogP contribution in [-0.2, 0) is 10.0 Å². The first-order valence-corrected chi connectivity index (χ1v) is 10.2. The second kappa shape index (κ2) is 8.44. The van der Waals surface area contributed by atoms with Gasteiger partial charge in [0.2, 0.25) is 10.0 Å². The molecule has 1 fully saturated rings. The van der Waals surface area contributed by atoms with Gasteiger partial charge in [-0.2, -0.15) is 4.31 Å². The Bertz CT molecular complexity index is 709. The highest BCUT2D eigenvalue weighted by atomic mass is 35.5. The topological polar surface area (TPSA) is 78.5 Å². The van der Waals surface area contributed by atoms with E-state index in [0.717, 1.165) is 32.4 Å². The molecule has 0 atom stereocenters. The fourth-order valence-electron chi connectivity index (χ4n) is 2.84. The number of halogens is 1. The number of thiophene rings is 1. The Balaban J connectivity index is 0.00000208. The third kappa shape index (κ3) is 4.18. The van der Waals surface area contributed by atoms with Gasteiger partial charge in [0.1, 0.15) is 9.77 Å². The zero-order valence-corrected chi connectivity index (χ0v) is 15.7. The van der Waals surface area contributed by atoms with Crippen molar-refractivity contribution in [3.8, 4) is 0 Å². The highest BCUT2D eigenvalue weighted by Gasteiger charge is 2.31. The third-order valence-corrected chi connectivity index (χ3v) is 7.14. The van der Waals surface area contributed by atoms with Gasteiger partial charge in [-0.15, -0.1) is 23.7 Å². The Morgan fingerprint density at radius 3 is 2.75 bits per heavy atom. The number of sulfonamides is 1. The SMILES string of the molecule is Cl.O=C(NCC1=CCNCC1)c1sccc1S(=O)(=O)N1CCCC1. The normalized spacial score (nSPS) is 18.8. The highest BCUT2D eigenvalue weighted by Crippen LogP contribution is 2.27. The molecule has 2 aliphatic heterocycles. The van der Waals surface area contributed by atoms with Crippen molar-refractivity contribution in [2.75, 3.05) is 32.7 Å². The van der Waals surface area contributed by atoms with Crippen molar-refractivity contribution in [2.24, 2.45) is 0 Å². The van der Waals surface area contributed by atoms with Crippen LogP contribution in [-0.4, -0.2) is 51.4 Å². The molecule has 0 radical (unpaired) electrons. The van der Waals surface area contributed by atoms with Gasteiger partial charge >= 0.3 is 0 Å². The predicted octanol–water partition coefficient (Wildman–Crippen LogP) is 1.60. The summed E-state index contributed by atoms with van der Waals surface area (Å²) in [6.07, 6.45) is 4.74. The molecule has 2 N–H and O–H groups in total. The maximum atomic E-state index is 12.7. The predicted molar refractivity (Wildman–Crippen MR) is 97.5 cm³/mol.